The average Bonchev–Trinajstić information content (AvgIpc) is 3.41. The lowest BCUT2D eigenvalue weighted by Crippen LogP contribution is -2.29. The van der Waals surface area contributed by atoms with Crippen LogP contribution in [0.15, 0.2) is 84.0 Å². The van der Waals surface area contributed by atoms with Gasteiger partial charge in [-0.05, 0) is 98.9 Å². The molecule has 1 saturated heterocycles. The number of nitrogens with zero attached hydrogens (tertiary/aromatic N) is 4. The van der Waals surface area contributed by atoms with Crippen molar-refractivity contribution in [2.45, 2.75) is 30.6 Å². The number of carbonyl (C=O) groups excluding carboxylic acids is 1. The van der Waals surface area contributed by atoms with E-state index in [4.69, 9.17) is 14.5 Å². The van der Waals surface area contributed by atoms with E-state index in [9.17, 15) is 13.2 Å². The van der Waals surface area contributed by atoms with E-state index in [1.54, 1.807) is 61.8 Å². The second kappa shape index (κ2) is 12.2. The van der Waals surface area contributed by atoms with Gasteiger partial charge in [0.25, 0.3) is 15.9 Å². The summed E-state index contributed by atoms with van der Waals surface area (Å²) in [4.78, 5) is 21.9. The Morgan fingerprint density at radius 2 is 1.62 bits per heavy atom. The molecule has 242 valence electrons. The van der Waals surface area contributed by atoms with Gasteiger partial charge in [-0.3, -0.25) is 4.79 Å². The van der Waals surface area contributed by atoms with E-state index in [2.05, 4.69) is 30.1 Å². The molecule has 0 N–H and O–H groups in total. The number of amides is 1. The fourth-order valence-electron chi connectivity index (χ4n) is 6.61. The maximum Gasteiger partial charge on any atom is 0.269 e. The van der Waals surface area contributed by atoms with Crippen LogP contribution in [0.4, 0.5) is 0 Å². The largest absolute Gasteiger partial charge is 0.496 e. The Balaban J connectivity index is 1.37. The number of ether oxygens (including phenoxy) is 2. The highest BCUT2D eigenvalue weighted by Crippen LogP contribution is 2.40. The highest BCUT2D eigenvalue weighted by atomic mass is 32.2. The fourth-order valence-corrected chi connectivity index (χ4v) is 7.93. The minimum Gasteiger partial charge on any atom is -0.496 e. The van der Waals surface area contributed by atoms with E-state index < -0.39 is 10.0 Å². The lowest BCUT2D eigenvalue weighted by molar-refractivity contribution is 0.0796. The minimum atomic E-state index is -3.98. The van der Waals surface area contributed by atoms with Gasteiger partial charge >= 0.3 is 0 Å². The second-order valence-corrected chi connectivity index (χ2v) is 14.4. The van der Waals surface area contributed by atoms with Crippen LogP contribution in [0.25, 0.3) is 33.3 Å². The molecule has 1 amide bonds. The maximum atomic E-state index is 14.0. The number of carbonyl (C=O) groups is 1. The summed E-state index contributed by atoms with van der Waals surface area (Å²) in [6.07, 6.45) is 5.50. The first-order valence-corrected chi connectivity index (χ1v) is 17.3. The van der Waals surface area contributed by atoms with Crippen LogP contribution in [0.2, 0.25) is 0 Å². The van der Waals surface area contributed by atoms with Gasteiger partial charge in [0.05, 0.1) is 24.1 Å². The van der Waals surface area contributed by atoms with E-state index in [0.29, 0.717) is 47.0 Å². The zero-order chi connectivity index (χ0) is 32.9. The molecule has 0 atom stereocenters. The van der Waals surface area contributed by atoms with Gasteiger partial charge in [-0.2, -0.15) is 0 Å². The number of hydrogen-bond acceptors (Lipinski definition) is 7. The number of hydrogen-bond donors (Lipinski definition) is 0. The zero-order valence-corrected chi connectivity index (χ0v) is 27.9. The number of likely N-dealkylation sites (tertiary alicyclic amines) is 1. The molecule has 10 heteroatoms. The Hall–Kier alpha value is -4.67. The van der Waals surface area contributed by atoms with E-state index >= 15 is 0 Å². The Labute approximate surface area is 275 Å². The summed E-state index contributed by atoms with van der Waals surface area (Å²) in [6, 6.07) is 20.5. The summed E-state index contributed by atoms with van der Waals surface area (Å²) in [5.74, 6) is 1.63. The lowest BCUT2D eigenvalue weighted by Gasteiger charge is -2.30. The highest BCUT2D eigenvalue weighted by molar-refractivity contribution is 7.90. The summed E-state index contributed by atoms with van der Waals surface area (Å²) in [6.45, 7) is 4.87. The molecule has 0 unspecified atom stereocenters. The highest BCUT2D eigenvalue weighted by Gasteiger charge is 2.27. The maximum absolute atomic E-state index is 14.0. The van der Waals surface area contributed by atoms with E-state index in [0.717, 1.165) is 53.9 Å². The molecular weight excluding hydrogens is 612 g/mol. The quantitative estimate of drug-likeness (QED) is 0.216. The zero-order valence-electron chi connectivity index (χ0n) is 27.1. The Morgan fingerprint density at radius 3 is 2.36 bits per heavy atom. The van der Waals surface area contributed by atoms with Gasteiger partial charge in [-0.15, -0.1) is 0 Å². The standard InChI is InChI=1S/C37H38N4O5S/c1-24-5-9-29(10-6-24)47(43,44)41-23-33(27-8-12-31-35(21-27)46-18-17-40(3)37(31)42)32-19-28(22-38-36(32)41)26-7-11-30(34(20-26)45-4)25-13-15-39(2)16-14-25/h5-12,19-23,25H,13-18H2,1-4H3. The number of methoxy groups -OCH3 is 1. The van der Waals surface area contributed by atoms with Crippen LogP contribution in [0.5, 0.6) is 11.5 Å². The van der Waals surface area contributed by atoms with Gasteiger partial charge in [-0.25, -0.2) is 17.4 Å². The molecule has 5 aromatic rings. The third-order valence-corrected chi connectivity index (χ3v) is 11.1. The van der Waals surface area contributed by atoms with E-state index in [1.807, 2.05) is 25.1 Å². The third-order valence-electron chi connectivity index (χ3n) is 9.47. The number of aryl methyl sites for hydroxylation is 1. The second-order valence-electron chi connectivity index (χ2n) is 12.6. The molecule has 2 aliphatic rings. The van der Waals surface area contributed by atoms with Crippen LogP contribution in [0.3, 0.4) is 0 Å². The lowest BCUT2D eigenvalue weighted by atomic mass is 9.88. The van der Waals surface area contributed by atoms with Crippen molar-refractivity contribution in [2.24, 2.45) is 0 Å². The first kappa shape index (κ1) is 31.0. The van der Waals surface area contributed by atoms with Crippen molar-refractivity contribution in [1.82, 2.24) is 18.8 Å². The molecule has 2 aromatic heterocycles. The summed E-state index contributed by atoms with van der Waals surface area (Å²) in [5.41, 5.74) is 6.10. The van der Waals surface area contributed by atoms with Crippen molar-refractivity contribution in [2.75, 3.05) is 47.4 Å². The van der Waals surface area contributed by atoms with Gasteiger partial charge in [0.1, 0.15) is 18.1 Å². The number of fused-ring (bicyclic) bond motifs is 2. The molecule has 7 rings (SSSR count). The molecule has 47 heavy (non-hydrogen) atoms. The molecule has 0 radical (unpaired) electrons. The number of rotatable bonds is 6. The first-order chi connectivity index (χ1) is 22.6. The minimum absolute atomic E-state index is 0.116. The molecular formula is C37H38N4O5S. The summed E-state index contributed by atoms with van der Waals surface area (Å²) in [5, 5.41) is 0.661. The molecule has 2 aliphatic heterocycles. The third kappa shape index (κ3) is 5.65. The number of likely N-dealkylation sites (N-methyl/N-ethyl adjacent to an activating group) is 1. The van der Waals surface area contributed by atoms with Gasteiger partial charge in [0.2, 0.25) is 0 Å². The van der Waals surface area contributed by atoms with Gasteiger partial charge in [0, 0.05) is 36.0 Å². The van der Waals surface area contributed by atoms with Gasteiger partial charge in [0.15, 0.2) is 5.65 Å². The Morgan fingerprint density at radius 1 is 0.872 bits per heavy atom. The number of aromatic nitrogens is 2. The molecule has 3 aromatic carbocycles. The van der Waals surface area contributed by atoms with Crippen molar-refractivity contribution in [3.63, 3.8) is 0 Å². The molecule has 0 bridgehead atoms. The van der Waals surface area contributed by atoms with Crippen LogP contribution < -0.4 is 9.47 Å². The average molecular weight is 651 g/mol. The van der Waals surface area contributed by atoms with E-state index in [-0.39, 0.29) is 10.8 Å². The normalized spacial score (nSPS) is 16.2. The molecule has 0 saturated carbocycles. The molecule has 1 fully saturated rings. The van der Waals surface area contributed by atoms with Crippen LogP contribution in [0, 0.1) is 6.92 Å². The molecule has 0 aliphatic carbocycles. The summed E-state index contributed by atoms with van der Waals surface area (Å²) in [7, 11) is 1.63. The first-order valence-electron chi connectivity index (χ1n) is 15.9. The molecule has 9 nitrogen and oxygen atoms in total. The number of piperidine rings is 1. The van der Waals surface area contributed by atoms with Crippen LogP contribution in [-0.4, -0.2) is 80.5 Å². The Bertz CT molecular complexity index is 2100. The topological polar surface area (TPSA) is 94.0 Å². The van der Waals surface area contributed by atoms with Crippen molar-refractivity contribution in [3.05, 3.63) is 95.8 Å². The van der Waals surface area contributed by atoms with E-state index in [1.165, 1.54) is 9.54 Å². The van der Waals surface area contributed by atoms with Crippen molar-refractivity contribution in [3.8, 4) is 33.8 Å². The Kier molecular flexibility index (Phi) is 8.01. The van der Waals surface area contributed by atoms with Gasteiger partial charge < -0.3 is 19.3 Å². The monoisotopic (exact) mass is 650 g/mol. The van der Waals surface area contributed by atoms with Crippen LogP contribution >= 0.6 is 0 Å². The predicted molar refractivity (Wildman–Crippen MR) is 183 cm³/mol. The molecule has 0 spiro atoms. The number of pyridine rings is 1. The van der Waals surface area contributed by atoms with Crippen molar-refractivity contribution in [1.29, 1.82) is 0 Å². The number of benzene rings is 3. The summed E-state index contributed by atoms with van der Waals surface area (Å²) < 4.78 is 41.2. The fraction of sp³-hybridized carbons (Fsp3) is 0.297. The van der Waals surface area contributed by atoms with Crippen molar-refractivity contribution >= 4 is 27.0 Å². The smallest absolute Gasteiger partial charge is 0.269 e. The SMILES string of the molecule is COc1cc(-c2cnc3c(c2)c(-c2ccc4c(c2)OCCN(C)C4=O)cn3S(=O)(=O)c2ccc(C)cc2)ccc1C1CCN(C)CC1. The van der Waals surface area contributed by atoms with Crippen LogP contribution in [-0.2, 0) is 10.0 Å². The predicted octanol–water partition coefficient (Wildman–Crippen LogP) is 6.20. The van der Waals surface area contributed by atoms with Gasteiger partial charge in [-0.1, -0.05) is 35.9 Å². The summed E-state index contributed by atoms with van der Waals surface area (Å²) >= 11 is 0. The van der Waals surface area contributed by atoms with Crippen LogP contribution in [0.1, 0.15) is 40.2 Å². The van der Waals surface area contributed by atoms with Crippen molar-refractivity contribution < 1.29 is 22.7 Å². The molecule has 4 heterocycles.